The van der Waals surface area contributed by atoms with E-state index in [4.69, 9.17) is 4.74 Å². The monoisotopic (exact) mass is 245 g/mol. The summed E-state index contributed by atoms with van der Waals surface area (Å²) >= 11 is 0. The van der Waals surface area contributed by atoms with E-state index in [1.165, 1.54) is 0 Å². The average Bonchev–Trinajstić information content (AvgIpc) is 3.08. The number of hydrogen-bond donors (Lipinski definition) is 1. The molecular weight excluding hydrogens is 226 g/mol. The van der Waals surface area contributed by atoms with Crippen LogP contribution in [0.25, 0.3) is 0 Å². The van der Waals surface area contributed by atoms with Gasteiger partial charge in [0.1, 0.15) is 11.7 Å². The summed E-state index contributed by atoms with van der Waals surface area (Å²) in [4.78, 5) is 4.36. The zero-order valence-corrected chi connectivity index (χ0v) is 10.8. The smallest absolute Gasteiger partial charge is 0.132 e. The molecule has 4 aliphatic rings. The number of nitrogens with zero attached hydrogens (tertiary/aromatic N) is 1. The minimum absolute atomic E-state index is 0.00935. The number of rotatable bonds is 1. The maximum absolute atomic E-state index is 10.6. The lowest BCUT2D eigenvalue weighted by molar-refractivity contribution is -0.176. The Morgan fingerprint density at radius 2 is 2.22 bits per heavy atom. The summed E-state index contributed by atoms with van der Waals surface area (Å²) in [6, 6.07) is 5.89. The van der Waals surface area contributed by atoms with Crippen LogP contribution in [0, 0.1) is 17.3 Å². The Kier molecular flexibility index (Phi) is 1.91. The van der Waals surface area contributed by atoms with E-state index >= 15 is 0 Å². The first-order valence-corrected chi connectivity index (χ1v) is 6.82. The predicted octanol–water partition coefficient (Wildman–Crippen LogP) is 2.32. The summed E-state index contributed by atoms with van der Waals surface area (Å²) in [5, 5.41) is 10.6. The zero-order valence-electron chi connectivity index (χ0n) is 10.8. The molecule has 0 aromatic carbocycles. The van der Waals surface area contributed by atoms with Crippen molar-refractivity contribution in [3.8, 4) is 0 Å². The van der Waals surface area contributed by atoms with Gasteiger partial charge in [-0.2, -0.15) is 0 Å². The van der Waals surface area contributed by atoms with Crippen LogP contribution in [0.5, 0.6) is 0 Å². The number of aliphatic hydroxyl groups excluding tert-OH is 1. The molecule has 2 bridgehead atoms. The van der Waals surface area contributed by atoms with Gasteiger partial charge in [0.2, 0.25) is 0 Å². The highest BCUT2D eigenvalue weighted by molar-refractivity contribution is 5.27. The average molecular weight is 245 g/mol. The number of pyridine rings is 1. The van der Waals surface area contributed by atoms with E-state index in [-0.39, 0.29) is 23.2 Å². The van der Waals surface area contributed by atoms with Crippen LogP contribution in [0.4, 0.5) is 0 Å². The van der Waals surface area contributed by atoms with Crippen LogP contribution in [-0.4, -0.2) is 21.8 Å². The normalized spacial score (nSPS) is 47.7. The molecule has 4 fully saturated rings. The Labute approximate surface area is 107 Å². The van der Waals surface area contributed by atoms with Crippen LogP contribution in [-0.2, 0) is 4.74 Å². The molecule has 1 aliphatic heterocycles. The molecule has 1 spiro atoms. The second-order valence-corrected chi connectivity index (χ2v) is 6.72. The molecule has 0 radical (unpaired) electrons. The molecule has 1 saturated heterocycles. The number of aliphatic hydroxyl groups is 1. The third kappa shape index (κ3) is 1.14. The summed E-state index contributed by atoms with van der Waals surface area (Å²) in [7, 11) is 0. The topological polar surface area (TPSA) is 45.6 Å². The molecule has 5 atom stereocenters. The van der Waals surface area contributed by atoms with Gasteiger partial charge in [-0.05, 0) is 42.2 Å². The fraction of sp³-hybridized carbons (Fsp3) is 0.667. The number of ether oxygens (including phenoxy) is 1. The van der Waals surface area contributed by atoms with Crippen LogP contribution in [0.15, 0.2) is 24.4 Å². The van der Waals surface area contributed by atoms with Crippen LogP contribution < -0.4 is 0 Å². The van der Waals surface area contributed by atoms with E-state index in [1.807, 2.05) is 18.2 Å². The summed E-state index contributed by atoms with van der Waals surface area (Å²) < 4.78 is 5.93. The molecule has 3 saturated carbocycles. The predicted molar refractivity (Wildman–Crippen MR) is 66.8 cm³/mol. The van der Waals surface area contributed by atoms with Gasteiger partial charge in [-0.3, -0.25) is 4.98 Å². The summed E-state index contributed by atoms with van der Waals surface area (Å²) in [5.74, 6) is 1.09. The Bertz CT molecular complexity index is 487. The second kappa shape index (κ2) is 3.14. The molecule has 3 heteroatoms. The van der Waals surface area contributed by atoms with Crippen molar-refractivity contribution in [3.63, 3.8) is 0 Å². The molecule has 2 heterocycles. The van der Waals surface area contributed by atoms with Crippen molar-refractivity contribution in [3.05, 3.63) is 30.1 Å². The van der Waals surface area contributed by atoms with E-state index in [9.17, 15) is 5.11 Å². The van der Waals surface area contributed by atoms with E-state index in [0.717, 1.165) is 18.5 Å². The fourth-order valence-electron chi connectivity index (χ4n) is 4.19. The van der Waals surface area contributed by atoms with Gasteiger partial charge in [0.05, 0.1) is 11.8 Å². The van der Waals surface area contributed by atoms with Crippen LogP contribution in [0.2, 0.25) is 0 Å². The van der Waals surface area contributed by atoms with E-state index < -0.39 is 0 Å². The number of epoxide rings is 1. The van der Waals surface area contributed by atoms with Crippen molar-refractivity contribution >= 4 is 0 Å². The van der Waals surface area contributed by atoms with Crippen molar-refractivity contribution in [1.29, 1.82) is 0 Å². The lowest BCUT2D eigenvalue weighted by Crippen LogP contribution is -2.61. The fourth-order valence-corrected chi connectivity index (χ4v) is 4.19. The highest BCUT2D eigenvalue weighted by atomic mass is 16.6. The number of aromatic nitrogens is 1. The summed E-state index contributed by atoms with van der Waals surface area (Å²) in [6.45, 7) is 4.56. The minimum Gasteiger partial charge on any atom is -0.390 e. The third-order valence-electron chi connectivity index (χ3n) is 5.67. The van der Waals surface area contributed by atoms with Crippen molar-refractivity contribution < 1.29 is 9.84 Å². The maximum Gasteiger partial charge on any atom is 0.132 e. The Morgan fingerprint density at radius 1 is 1.39 bits per heavy atom. The molecular formula is C15H19NO2. The Hall–Kier alpha value is -0.930. The quantitative estimate of drug-likeness (QED) is 0.772. The standard InChI is InChI=1S/C15H19NO2/c1-14(2)9-7-10(14)12(17)15(8-9)13(18-15)11-5-3-4-6-16-11/h3-6,9-10,12-13,17H,7-8H2,1-2H3/t9-,10+,12+,13+,15+/m1/s1. The molecule has 5 rings (SSSR count). The second-order valence-electron chi connectivity index (χ2n) is 6.72. The van der Waals surface area contributed by atoms with Gasteiger partial charge in [0.15, 0.2) is 0 Å². The SMILES string of the molecule is CC1(C)[C@@H]2C[C@H]1[C@H](O)[C@]1(C2)O[C@H]1c1ccccn1. The molecule has 1 N–H and O–H groups in total. The summed E-state index contributed by atoms with van der Waals surface area (Å²) in [6.07, 6.45) is 3.62. The molecule has 3 nitrogen and oxygen atoms in total. The zero-order chi connectivity index (χ0) is 12.5. The maximum atomic E-state index is 10.6. The highest BCUT2D eigenvalue weighted by Crippen LogP contribution is 2.70. The molecule has 0 amide bonds. The third-order valence-corrected chi connectivity index (χ3v) is 5.67. The Morgan fingerprint density at radius 3 is 2.83 bits per heavy atom. The van der Waals surface area contributed by atoms with Gasteiger partial charge in [-0.25, -0.2) is 0 Å². The van der Waals surface area contributed by atoms with Gasteiger partial charge in [-0.15, -0.1) is 0 Å². The minimum atomic E-state index is -0.329. The van der Waals surface area contributed by atoms with Crippen molar-refractivity contribution in [2.75, 3.05) is 0 Å². The Balaban J connectivity index is 1.62. The van der Waals surface area contributed by atoms with Gasteiger partial charge in [0.25, 0.3) is 0 Å². The molecule has 1 aromatic rings. The molecule has 3 aliphatic carbocycles. The molecule has 0 unspecified atom stereocenters. The van der Waals surface area contributed by atoms with Crippen LogP contribution >= 0.6 is 0 Å². The van der Waals surface area contributed by atoms with Gasteiger partial charge in [0, 0.05) is 6.20 Å². The largest absolute Gasteiger partial charge is 0.390 e. The van der Waals surface area contributed by atoms with Crippen LogP contribution in [0.1, 0.15) is 38.5 Å². The molecule has 96 valence electrons. The van der Waals surface area contributed by atoms with Gasteiger partial charge < -0.3 is 9.84 Å². The van der Waals surface area contributed by atoms with Crippen LogP contribution in [0.3, 0.4) is 0 Å². The van der Waals surface area contributed by atoms with Crippen molar-refractivity contribution in [2.45, 2.75) is 44.5 Å². The van der Waals surface area contributed by atoms with Gasteiger partial charge >= 0.3 is 0 Å². The van der Waals surface area contributed by atoms with Crippen molar-refractivity contribution in [2.24, 2.45) is 17.3 Å². The molecule has 1 aromatic heterocycles. The van der Waals surface area contributed by atoms with E-state index in [2.05, 4.69) is 18.8 Å². The molecule has 18 heavy (non-hydrogen) atoms. The van der Waals surface area contributed by atoms with E-state index in [0.29, 0.717) is 11.8 Å². The first-order valence-electron chi connectivity index (χ1n) is 6.82. The lowest BCUT2D eigenvalue weighted by Gasteiger charge is -2.60. The first-order chi connectivity index (χ1) is 8.56. The highest BCUT2D eigenvalue weighted by Gasteiger charge is 2.73. The first kappa shape index (κ1) is 10.9. The van der Waals surface area contributed by atoms with Crippen molar-refractivity contribution in [1.82, 2.24) is 4.98 Å². The summed E-state index contributed by atoms with van der Waals surface area (Å²) in [5.41, 5.74) is 0.929. The lowest BCUT2D eigenvalue weighted by atomic mass is 9.45. The van der Waals surface area contributed by atoms with E-state index in [1.54, 1.807) is 6.20 Å². The number of hydrogen-bond acceptors (Lipinski definition) is 3. The van der Waals surface area contributed by atoms with Gasteiger partial charge in [-0.1, -0.05) is 19.9 Å².